The molecule has 27 heavy (non-hydrogen) atoms. The van der Waals surface area contributed by atoms with Gasteiger partial charge in [0, 0.05) is 25.2 Å². The Hall–Kier alpha value is -2.73. The Kier molecular flexibility index (Phi) is 5.16. The molecule has 0 spiro atoms. The van der Waals surface area contributed by atoms with Crippen molar-refractivity contribution >= 4 is 33.9 Å². The van der Waals surface area contributed by atoms with Crippen LogP contribution in [0.4, 0.5) is 0 Å². The van der Waals surface area contributed by atoms with Gasteiger partial charge in [-0.3, -0.25) is 14.6 Å². The van der Waals surface area contributed by atoms with Crippen LogP contribution in [0, 0.1) is 5.92 Å². The number of amides is 2. The molecule has 2 heterocycles. The van der Waals surface area contributed by atoms with Gasteiger partial charge >= 0.3 is 0 Å². The maximum absolute atomic E-state index is 12.7. The minimum absolute atomic E-state index is 0.0441. The molecule has 138 valence electrons. The van der Waals surface area contributed by atoms with Crippen LogP contribution in [0.25, 0.3) is 10.8 Å². The van der Waals surface area contributed by atoms with Crippen molar-refractivity contribution in [1.29, 1.82) is 0 Å². The van der Waals surface area contributed by atoms with Gasteiger partial charge in [-0.1, -0.05) is 36.4 Å². The monoisotopic (exact) mass is 379 g/mol. The molecule has 0 aliphatic carbocycles. The molecule has 4 rings (SSSR count). The molecule has 2 aromatic carbocycles. The first-order chi connectivity index (χ1) is 13.2. The summed E-state index contributed by atoms with van der Waals surface area (Å²) < 4.78 is 0. The van der Waals surface area contributed by atoms with E-state index in [-0.39, 0.29) is 17.7 Å². The van der Waals surface area contributed by atoms with Crippen molar-refractivity contribution in [2.75, 3.05) is 19.6 Å². The second kappa shape index (κ2) is 7.88. The van der Waals surface area contributed by atoms with E-state index in [9.17, 15) is 9.59 Å². The van der Waals surface area contributed by atoms with E-state index in [4.69, 9.17) is 0 Å². The zero-order valence-electron chi connectivity index (χ0n) is 14.9. The predicted molar refractivity (Wildman–Crippen MR) is 107 cm³/mol. The quantitative estimate of drug-likeness (QED) is 0.754. The Bertz CT molecular complexity index is 950. The van der Waals surface area contributed by atoms with Gasteiger partial charge in [0.05, 0.1) is 11.7 Å². The zero-order valence-corrected chi connectivity index (χ0v) is 15.7. The van der Waals surface area contributed by atoms with Crippen LogP contribution in [0.1, 0.15) is 32.9 Å². The molecular weight excluding hydrogens is 358 g/mol. The lowest BCUT2D eigenvalue weighted by atomic mass is 9.97. The van der Waals surface area contributed by atoms with Crippen LogP contribution < -0.4 is 5.32 Å². The topological polar surface area (TPSA) is 62.3 Å². The fourth-order valence-electron chi connectivity index (χ4n) is 3.65. The van der Waals surface area contributed by atoms with Crippen LogP contribution in [0.5, 0.6) is 0 Å². The molecule has 5 nitrogen and oxygen atoms in total. The van der Waals surface area contributed by atoms with Gasteiger partial charge in [-0.2, -0.15) is 0 Å². The van der Waals surface area contributed by atoms with Gasteiger partial charge < -0.3 is 10.2 Å². The first kappa shape index (κ1) is 17.7. The maximum atomic E-state index is 12.7. The van der Waals surface area contributed by atoms with Gasteiger partial charge in [-0.25, -0.2) is 0 Å². The van der Waals surface area contributed by atoms with Crippen LogP contribution >= 0.6 is 11.3 Å². The van der Waals surface area contributed by atoms with Crippen LogP contribution in [-0.2, 0) is 0 Å². The minimum Gasteiger partial charge on any atom is -0.352 e. The molecule has 1 aliphatic heterocycles. The second-order valence-corrected chi connectivity index (χ2v) is 7.75. The van der Waals surface area contributed by atoms with Crippen molar-refractivity contribution in [2.24, 2.45) is 5.92 Å². The Morgan fingerprint density at radius 1 is 1.19 bits per heavy atom. The molecule has 3 aromatic rings. The van der Waals surface area contributed by atoms with E-state index in [2.05, 4.69) is 10.3 Å². The molecule has 6 heteroatoms. The van der Waals surface area contributed by atoms with Gasteiger partial charge in [0.2, 0.25) is 0 Å². The van der Waals surface area contributed by atoms with Crippen molar-refractivity contribution in [3.63, 3.8) is 0 Å². The van der Waals surface area contributed by atoms with Crippen LogP contribution in [0.3, 0.4) is 0 Å². The lowest BCUT2D eigenvalue weighted by Crippen LogP contribution is -2.43. The van der Waals surface area contributed by atoms with E-state index in [0.717, 1.165) is 30.2 Å². The highest BCUT2D eigenvalue weighted by Crippen LogP contribution is 2.21. The van der Waals surface area contributed by atoms with Gasteiger partial charge in [0.25, 0.3) is 11.8 Å². The van der Waals surface area contributed by atoms with Gasteiger partial charge in [0.15, 0.2) is 0 Å². The summed E-state index contributed by atoms with van der Waals surface area (Å²) in [6.07, 6.45) is 3.60. The van der Waals surface area contributed by atoms with Crippen molar-refractivity contribution in [3.8, 4) is 0 Å². The maximum Gasteiger partial charge on any atom is 0.265 e. The lowest BCUT2D eigenvalue weighted by molar-refractivity contribution is 0.0675. The first-order valence-electron chi connectivity index (χ1n) is 9.16. The molecule has 1 saturated heterocycles. The number of carbonyl (C=O) groups is 2. The summed E-state index contributed by atoms with van der Waals surface area (Å²) in [6, 6.07) is 13.7. The van der Waals surface area contributed by atoms with Gasteiger partial charge in [-0.05, 0) is 35.6 Å². The number of nitrogens with one attached hydrogen (secondary N) is 1. The predicted octanol–water partition coefficient (Wildman–Crippen LogP) is 3.58. The average Bonchev–Trinajstić information content (AvgIpc) is 3.26. The Morgan fingerprint density at radius 2 is 2.04 bits per heavy atom. The standard InChI is InChI=1S/C21H21N3O2S/c25-20(18-9-3-7-16-6-1-2-8-17(16)18)23-11-15-5-4-10-24(13-15)21(26)19-12-22-14-27-19/h1-3,6-9,12,14-15H,4-5,10-11,13H2,(H,23,25)/t15-/m1/s1. The van der Waals surface area contributed by atoms with Crippen molar-refractivity contribution < 1.29 is 9.59 Å². The van der Waals surface area contributed by atoms with E-state index in [1.54, 1.807) is 11.7 Å². The van der Waals surface area contributed by atoms with Crippen molar-refractivity contribution in [3.05, 3.63) is 64.6 Å². The number of likely N-dealkylation sites (tertiary alicyclic amines) is 1. The van der Waals surface area contributed by atoms with E-state index >= 15 is 0 Å². The molecule has 2 amide bonds. The van der Waals surface area contributed by atoms with Gasteiger partial charge in [0.1, 0.15) is 4.88 Å². The van der Waals surface area contributed by atoms with Crippen molar-refractivity contribution in [1.82, 2.24) is 15.2 Å². The normalized spacial score (nSPS) is 17.0. The summed E-state index contributed by atoms with van der Waals surface area (Å²) in [7, 11) is 0. The number of hydrogen-bond acceptors (Lipinski definition) is 4. The molecular formula is C21H21N3O2S. The third kappa shape index (κ3) is 3.85. The second-order valence-electron chi connectivity index (χ2n) is 6.86. The molecule has 1 atom stereocenters. The first-order valence-corrected chi connectivity index (χ1v) is 10.0. The highest BCUT2D eigenvalue weighted by Gasteiger charge is 2.25. The average molecular weight is 379 g/mol. The summed E-state index contributed by atoms with van der Waals surface area (Å²) in [5.74, 6) is 0.259. The number of carbonyl (C=O) groups excluding carboxylic acids is 2. The smallest absolute Gasteiger partial charge is 0.265 e. The minimum atomic E-state index is -0.0577. The van der Waals surface area contributed by atoms with E-state index in [1.165, 1.54) is 11.3 Å². The number of aromatic nitrogens is 1. The van der Waals surface area contributed by atoms with E-state index in [0.29, 0.717) is 23.5 Å². The Morgan fingerprint density at radius 3 is 2.89 bits per heavy atom. The molecule has 1 aliphatic rings. The third-order valence-electron chi connectivity index (χ3n) is 5.03. The van der Waals surface area contributed by atoms with Crippen molar-refractivity contribution in [2.45, 2.75) is 12.8 Å². The molecule has 0 radical (unpaired) electrons. The van der Waals surface area contributed by atoms with Crippen LogP contribution in [0.15, 0.2) is 54.2 Å². The number of rotatable bonds is 4. The Balaban J connectivity index is 1.39. The number of fused-ring (bicyclic) bond motifs is 1. The van der Waals surface area contributed by atoms with Crippen LogP contribution in [0.2, 0.25) is 0 Å². The summed E-state index contributed by atoms with van der Waals surface area (Å²) >= 11 is 1.37. The lowest BCUT2D eigenvalue weighted by Gasteiger charge is -2.32. The summed E-state index contributed by atoms with van der Waals surface area (Å²) in [4.78, 5) is 31.8. The largest absolute Gasteiger partial charge is 0.352 e. The van der Waals surface area contributed by atoms with E-state index < -0.39 is 0 Å². The number of benzene rings is 2. The molecule has 1 fully saturated rings. The zero-order chi connectivity index (χ0) is 18.6. The SMILES string of the molecule is O=C(NC[C@H]1CCCN(C(=O)c2cncs2)C1)c1cccc2ccccc12. The van der Waals surface area contributed by atoms with Gasteiger partial charge in [-0.15, -0.1) is 11.3 Å². The third-order valence-corrected chi connectivity index (χ3v) is 5.80. The fraction of sp³-hybridized carbons (Fsp3) is 0.286. The number of piperidine rings is 1. The van der Waals surface area contributed by atoms with Crippen LogP contribution in [-0.4, -0.2) is 41.3 Å². The fourth-order valence-corrected chi connectivity index (χ4v) is 4.24. The number of thiazole rings is 1. The highest BCUT2D eigenvalue weighted by atomic mass is 32.1. The summed E-state index contributed by atoms with van der Waals surface area (Å²) in [5.41, 5.74) is 2.38. The Labute approximate surface area is 162 Å². The number of hydrogen-bond donors (Lipinski definition) is 1. The molecule has 0 saturated carbocycles. The molecule has 1 N–H and O–H groups in total. The molecule has 0 bridgehead atoms. The molecule has 0 unspecified atom stereocenters. The summed E-state index contributed by atoms with van der Waals surface area (Å²) in [5, 5.41) is 5.09. The molecule has 1 aromatic heterocycles. The number of nitrogens with zero attached hydrogens (tertiary/aromatic N) is 2. The van der Waals surface area contributed by atoms with E-state index in [1.807, 2.05) is 47.4 Å². The highest BCUT2D eigenvalue weighted by molar-refractivity contribution is 7.11. The summed E-state index contributed by atoms with van der Waals surface area (Å²) in [6.45, 7) is 2.02.